The molecule has 0 aliphatic carbocycles. The Kier molecular flexibility index (Phi) is 2.25. The molecule has 4 heteroatoms. The van der Waals surface area contributed by atoms with Crippen LogP contribution in [0.25, 0.3) is 0 Å². The van der Waals surface area contributed by atoms with E-state index < -0.39 is 11.9 Å². The van der Waals surface area contributed by atoms with Gasteiger partial charge in [-0.15, -0.1) is 0 Å². The van der Waals surface area contributed by atoms with Gasteiger partial charge in [0, 0.05) is 18.1 Å². The van der Waals surface area contributed by atoms with Crippen molar-refractivity contribution < 1.29 is 19.1 Å². The van der Waals surface area contributed by atoms with Gasteiger partial charge in [0.15, 0.2) is 0 Å². The maximum Gasteiger partial charge on any atom is 0.334 e. The number of hydrogen-bond acceptors (Lipinski definition) is 4. The minimum Gasteiger partial charge on any atom is -0.466 e. The molecule has 1 rings (SSSR count). The first-order valence-corrected chi connectivity index (χ1v) is 3.19. The Morgan fingerprint density at radius 2 is 2.45 bits per heavy atom. The fourth-order valence-electron chi connectivity index (χ4n) is 0.781. The SMILES string of the molecule is COC(=O)/C=C1/CCOC1=O. The fourth-order valence-corrected chi connectivity index (χ4v) is 0.781. The van der Waals surface area contributed by atoms with Crippen molar-refractivity contribution in [1.29, 1.82) is 0 Å². The van der Waals surface area contributed by atoms with E-state index in [0.717, 1.165) is 6.08 Å². The Bertz CT molecular complexity index is 216. The van der Waals surface area contributed by atoms with E-state index in [1.807, 2.05) is 0 Å². The lowest BCUT2D eigenvalue weighted by Crippen LogP contribution is -2.01. The lowest BCUT2D eigenvalue weighted by atomic mass is 10.2. The van der Waals surface area contributed by atoms with E-state index in [4.69, 9.17) is 0 Å². The van der Waals surface area contributed by atoms with Crippen molar-refractivity contribution in [1.82, 2.24) is 0 Å². The van der Waals surface area contributed by atoms with Gasteiger partial charge in [-0.05, 0) is 0 Å². The van der Waals surface area contributed by atoms with Crippen LogP contribution < -0.4 is 0 Å². The number of cyclic esters (lactones) is 1. The molecular weight excluding hydrogens is 148 g/mol. The van der Waals surface area contributed by atoms with E-state index in [9.17, 15) is 9.59 Å². The quantitative estimate of drug-likeness (QED) is 0.397. The average Bonchev–Trinajstić information content (AvgIpc) is 2.37. The van der Waals surface area contributed by atoms with Crippen molar-refractivity contribution in [3.05, 3.63) is 11.6 Å². The number of carbonyl (C=O) groups is 2. The maximum atomic E-state index is 10.7. The highest BCUT2D eigenvalue weighted by molar-refractivity contribution is 5.97. The van der Waals surface area contributed by atoms with E-state index in [2.05, 4.69) is 9.47 Å². The van der Waals surface area contributed by atoms with Crippen LogP contribution in [0.2, 0.25) is 0 Å². The van der Waals surface area contributed by atoms with Gasteiger partial charge in [-0.25, -0.2) is 9.59 Å². The van der Waals surface area contributed by atoms with Crippen molar-refractivity contribution >= 4 is 11.9 Å². The molecule has 1 aliphatic heterocycles. The monoisotopic (exact) mass is 156 g/mol. The molecule has 0 radical (unpaired) electrons. The molecule has 60 valence electrons. The second-order valence-corrected chi connectivity index (χ2v) is 2.08. The Labute approximate surface area is 63.8 Å². The lowest BCUT2D eigenvalue weighted by Gasteiger charge is -1.91. The summed E-state index contributed by atoms with van der Waals surface area (Å²) in [6, 6.07) is 0. The van der Waals surface area contributed by atoms with Crippen LogP contribution in [0.1, 0.15) is 6.42 Å². The van der Waals surface area contributed by atoms with Crippen molar-refractivity contribution in [2.24, 2.45) is 0 Å². The van der Waals surface area contributed by atoms with Crippen molar-refractivity contribution in [2.75, 3.05) is 13.7 Å². The molecule has 4 nitrogen and oxygen atoms in total. The summed E-state index contributed by atoms with van der Waals surface area (Å²) in [6.07, 6.45) is 1.66. The van der Waals surface area contributed by atoms with Gasteiger partial charge in [0.25, 0.3) is 0 Å². The van der Waals surface area contributed by atoms with Crippen LogP contribution in [0.5, 0.6) is 0 Å². The zero-order chi connectivity index (χ0) is 8.27. The summed E-state index contributed by atoms with van der Waals surface area (Å²) in [4.78, 5) is 21.3. The predicted molar refractivity (Wildman–Crippen MR) is 35.7 cm³/mol. The molecule has 0 amide bonds. The molecule has 1 aliphatic rings. The van der Waals surface area contributed by atoms with Crippen LogP contribution in [0.15, 0.2) is 11.6 Å². The van der Waals surface area contributed by atoms with Gasteiger partial charge in [0.05, 0.1) is 13.7 Å². The zero-order valence-electron chi connectivity index (χ0n) is 6.12. The average molecular weight is 156 g/mol. The first kappa shape index (κ1) is 7.78. The Balaban J connectivity index is 2.65. The smallest absolute Gasteiger partial charge is 0.334 e. The van der Waals surface area contributed by atoms with Gasteiger partial charge in [0.2, 0.25) is 0 Å². The molecule has 0 aromatic carbocycles. The number of methoxy groups -OCH3 is 1. The molecule has 0 spiro atoms. The summed E-state index contributed by atoms with van der Waals surface area (Å²) in [5.74, 6) is -0.936. The largest absolute Gasteiger partial charge is 0.466 e. The molecule has 0 aromatic rings. The lowest BCUT2D eigenvalue weighted by molar-refractivity contribution is -0.137. The van der Waals surface area contributed by atoms with Gasteiger partial charge < -0.3 is 9.47 Å². The van der Waals surface area contributed by atoms with E-state index in [-0.39, 0.29) is 0 Å². The highest BCUT2D eigenvalue weighted by Gasteiger charge is 2.19. The number of rotatable bonds is 1. The number of carbonyl (C=O) groups excluding carboxylic acids is 2. The van der Waals surface area contributed by atoms with Gasteiger partial charge in [-0.2, -0.15) is 0 Å². The Morgan fingerprint density at radius 3 is 2.91 bits per heavy atom. The molecule has 0 N–H and O–H groups in total. The van der Waals surface area contributed by atoms with E-state index >= 15 is 0 Å². The third-order valence-electron chi connectivity index (χ3n) is 1.36. The topological polar surface area (TPSA) is 52.6 Å². The first-order chi connectivity index (χ1) is 5.24. The molecule has 0 aromatic heterocycles. The standard InChI is InChI=1S/C7H8O4/c1-10-6(8)4-5-2-3-11-7(5)9/h4H,2-3H2,1H3/b5-4-. The Morgan fingerprint density at radius 1 is 1.73 bits per heavy atom. The molecule has 11 heavy (non-hydrogen) atoms. The van der Waals surface area contributed by atoms with Crippen molar-refractivity contribution in [3.8, 4) is 0 Å². The minimum absolute atomic E-state index is 0.363. The van der Waals surface area contributed by atoms with E-state index in [0.29, 0.717) is 18.6 Å². The minimum atomic E-state index is -0.515. The van der Waals surface area contributed by atoms with Crippen LogP contribution in [-0.4, -0.2) is 25.7 Å². The van der Waals surface area contributed by atoms with Gasteiger partial charge in [-0.3, -0.25) is 0 Å². The van der Waals surface area contributed by atoms with E-state index in [1.54, 1.807) is 0 Å². The highest BCUT2D eigenvalue weighted by Crippen LogP contribution is 2.12. The van der Waals surface area contributed by atoms with Crippen LogP contribution in [0.3, 0.4) is 0 Å². The summed E-state index contributed by atoms with van der Waals surface area (Å²) in [6.45, 7) is 0.363. The molecular formula is C7H8O4. The second kappa shape index (κ2) is 3.18. The van der Waals surface area contributed by atoms with Crippen molar-refractivity contribution in [2.45, 2.75) is 6.42 Å². The summed E-state index contributed by atoms with van der Waals surface area (Å²) in [5.41, 5.74) is 0.386. The fraction of sp³-hybridized carbons (Fsp3) is 0.429. The number of ether oxygens (including phenoxy) is 2. The molecule has 1 heterocycles. The molecule has 0 bridgehead atoms. The third kappa shape index (κ3) is 1.80. The number of esters is 2. The maximum absolute atomic E-state index is 10.7. The summed E-state index contributed by atoms with van der Waals surface area (Å²) in [5, 5.41) is 0. The molecule has 0 saturated carbocycles. The molecule has 1 fully saturated rings. The normalized spacial score (nSPS) is 20.1. The number of hydrogen-bond donors (Lipinski definition) is 0. The van der Waals surface area contributed by atoms with Gasteiger partial charge in [-0.1, -0.05) is 0 Å². The summed E-state index contributed by atoms with van der Waals surface area (Å²) >= 11 is 0. The first-order valence-electron chi connectivity index (χ1n) is 3.19. The molecule has 0 atom stereocenters. The summed E-state index contributed by atoms with van der Waals surface area (Å²) in [7, 11) is 1.26. The Hall–Kier alpha value is -1.32. The van der Waals surface area contributed by atoms with Crippen LogP contribution in [0.4, 0.5) is 0 Å². The van der Waals surface area contributed by atoms with Gasteiger partial charge >= 0.3 is 11.9 Å². The van der Waals surface area contributed by atoms with Crippen molar-refractivity contribution in [3.63, 3.8) is 0 Å². The third-order valence-corrected chi connectivity index (χ3v) is 1.36. The summed E-state index contributed by atoms with van der Waals surface area (Å²) < 4.78 is 8.93. The zero-order valence-corrected chi connectivity index (χ0v) is 6.12. The van der Waals surface area contributed by atoms with Crippen LogP contribution in [0, 0.1) is 0 Å². The van der Waals surface area contributed by atoms with Crippen LogP contribution in [-0.2, 0) is 19.1 Å². The van der Waals surface area contributed by atoms with E-state index in [1.165, 1.54) is 7.11 Å². The van der Waals surface area contributed by atoms with Gasteiger partial charge in [0.1, 0.15) is 0 Å². The highest BCUT2D eigenvalue weighted by atomic mass is 16.5. The predicted octanol–water partition coefficient (Wildman–Crippen LogP) is 0.0327. The molecule has 0 unspecified atom stereocenters. The second-order valence-electron chi connectivity index (χ2n) is 2.08. The van der Waals surface area contributed by atoms with Crippen LogP contribution >= 0.6 is 0 Å². The molecule has 1 saturated heterocycles.